The van der Waals surface area contributed by atoms with Gasteiger partial charge in [-0.1, -0.05) is 12.1 Å². The van der Waals surface area contributed by atoms with Crippen LogP contribution >= 0.6 is 0 Å². The van der Waals surface area contributed by atoms with E-state index in [1.807, 2.05) is 65.2 Å². The highest BCUT2D eigenvalue weighted by Gasteiger charge is 2.15. The summed E-state index contributed by atoms with van der Waals surface area (Å²) in [6.07, 6.45) is 1.80. The number of carbonyl (C=O) groups excluding carboxylic acids is 1. The van der Waals surface area contributed by atoms with Crippen molar-refractivity contribution in [3.63, 3.8) is 0 Å². The molecule has 0 bridgehead atoms. The number of rotatable bonds is 6. The third-order valence-corrected chi connectivity index (χ3v) is 3.74. The van der Waals surface area contributed by atoms with Crippen molar-refractivity contribution >= 4 is 6.03 Å². The molecule has 2 atom stereocenters. The zero-order valence-electron chi connectivity index (χ0n) is 15.0. The number of nitrogens with one attached hydrogen (secondary N) is 2. The molecule has 130 valence electrons. The van der Waals surface area contributed by atoms with Crippen molar-refractivity contribution in [3.8, 4) is 5.75 Å². The predicted molar refractivity (Wildman–Crippen MR) is 94.2 cm³/mol. The van der Waals surface area contributed by atoms with Crippen LogP contribution in [0.5, 0.6) is 5.75 Å². The van der Waals surface area contributed by atoms with Gasteiger partial charge < -0.3 is 15.4 Å². The minimum atomic E-state index is -0.217. The zero-order chi connectivity index (χ0) is 17.7. The van der Waals surface area contributed by atoms with Gasteiger partial charge in [0.25, 0.3) is 0 Å². The number of carbonyl (C=O) groups is 1. The summed E-state index contributed by atoms with van der Waals surface area (Å²) in [4.78, 5) is 12.1. The van der Waals surface area contributed by atoms with Gasteiger partial charge in [-0.25, -0.2) is 4.79 Å². The van der Waals surface area contributed by atoms with E-state index in [1.54, 1.807) is 4.68 Å². The minimum Gasteiger partial charge on any atom is -0.489 e. The highest BCUT2D eigenvalue weighted by atomic mass is 16.5. The van der Waals surface area contributed by atoms with Gasteiger partial charge in [-0.15, -0.1) is 0 Å². The number of hydrogen-bond acceptors (Lipinski definition) is 3. The van der Waals surface area contributed by atoms with Crippen LogP contribution in [-0.2, 0) is 7.05 Å². The molecule has 0 unspecified atom stereocenters. The lowest BCUT2D eigenvalue weighted by Gasteiger charge is -2.18. The van der Waals surface area contributed by atoms with E-state index in [0.29, 0.717) is 6.54 Å². The molecule has 2 aromatic rings. The maximum atomic E-state index is 12.1. The summed E-state index contributed by atoms with van der Waals surface area (Å²) in [7, 11) is 1.87. The Bertz CT molecular complexity index is 696. The lowest BCUT2D eigenvalue weighted by Crippen LogP contribution is -2.41. The van der Waals surface area contributed by atoms with E-state index >= 15 is 0 Å². The summed E-state index contributed by atoms with van der Waals surface area (Å²) < 4.78 is 7.55. The van der Waals surface area contributed by atoms with Gasteiger partial charge in [0.2, 0.25) is 0 Å². The molecular weight excluding hydrogens is 304 g/mol. The van der Waals surface area contributed by atoms with Crippen LogP contribution < -0.4 is 15.4 Å². The molecule has 1 heterocycles. The summed E-state index contributed by atoms with van der Waals surface area (Å²) in [6.45, 7) is 8.25. The second kappa shape index (κ2) is 7.86. The third kappa shape index (κ3) is 5.01. The van der Waals surface area contributed by atoms with Gasteiger partial charge >= 0.3 is 6.03 Å². The van der Waals surface area contributed by atoms with Crippen LogP contribution in [0, 0.1) is 13.8 Å². The van der Waals surface area contributed by atoms with Crippen molar-refractivity contribution in [1.82, 2.24) is 20.4 Å². The molecule has 2 N–H and O–H groups in total. The van der Waals surface area contributed by atoms with Gasteiger partial charge in [-0.3, -0.25) is 4.68 Å². The number of nitrogens with zero attached hydrogens (tertiary/aromatic N) is 2. The monoisotopic (exact) mass is 330 g/mol. The van der Waals surface area contributed by atoms with E-state index in [1.165, 1.54) is 0 Å². The van der Waals surface area contributed by atoms with E-state index in [9.17, 15) is 4.79 Å². The number of hydrogen-bond donors (Lipinski definition) is 2. The average Bonchev–Trinajstić information content (AvgIpc) is 2.84. The highest BCUT2D eigenvalue weighted by molar-refractivity contribution is 5.74. The molecule has 0 saturated heterocycles. The molecule has 0 fully saturated rings. The Hall–Kier alpha value is -2.50. The fourth-order valence-electron chi connectivity index (χ4n) is 2.57. The molecule has 1 aromatic heterocycles. The first-order chi connectivity index (χ1) is 11.3. The quantitative estimate of drug-likeness (QED) is 0.856. The molecule has 0 aliphatic rings. The summed E-state index contributed by atoms with van der Waals surface area (Å²) >= 11 is 0. The zero-order valence-corrected chi connectivity index (χ0v) is 15.0. The molecule has 2 amide bonds. The van der Waals surface area contributed by atoms with Gasteiger partial charge in [-0.2, -0.15) is 5.10 Å². The van der Waals surface area contributed by atoms with Crippen LogP contribution in [0.1, 0.15) is 36.7 Å². The molecule has 2 rings (SSSR count). The molecule has 6 nitrogen and oxygen atoms in total. The van der Waals surface area contributed by atoms with E-state index in [2.05, 4.69) is 15.7 Å². The van der Waals surface area contributed by atoms with Gasteiger partial charge in [0.1, 0.15) is 11.9 Å². The van der Waals surface area contributed by atoms with Gasteiger partial charge in [-0.05, 0) is 45.4 Å². The topological polar surface area (TPSA) is 68.2 Å². The second-order valence-electron chi connectivity index (χ2n) is 6.16. The summed E-state index contributed by atoms with van der Waals surface area (Å²) in [5.41, 5.74) is 3.07. The van der Waals surface area contributed by atoms with Crippen LogP contribution in [-0.4, -0.2) is 28.5 Å². The van der Waals surface area contributed by atoms with Crippen LogP contribution in [0.4, 0.5) is 4.79 Å². The first-order valence-corrected chi connectivity index (χ1v) is 8.13. The molecular formula is C18H26N4O2. The standard InChI is InChI=1S/C18H26N4O2/c1-12-7-6-8-16(9-12)24-13(2)10-19-18(23)20-14(3)17-11-22(5)21-15(17)4/h6-9,11,13-14H,10H2,1-5H3,(H2,19,20,23)/t13-,14+/m1/s1. The molecule has 0 radical (unpaired) electrons. The average molecular weight is 330 g/mol. The van der Waals surface area contributed by atoms with Crippen molar-refractivity contribution < 1.29 is 9.53 Å². The van der Waals surface area contributed by atoms with E-state index < -0.39 is 0 Å². The van der Waals surface area contributed by atoms with Gasteiger partial charge in [0.15, 0.2) is 0 Å². The Balaban J connectivity index is 1.79. The van der Waals surface area contributed by atoms with Crippen molar-refractivity contribution in [2.24, 2.45) is 7.05 Å². The van der Waals surface area contributed by atoms with Crippen LogP contribution in [0.2, 0.25) is 0 Å². The van der Waals surface area contributed by atoms with Crippen molar-refractivity contribution in [1.29, 1.82) is 0 Å². The van der Waals surface area contributed by atoms with Gasteiger partial charge in [0.05, 0.1) is 18.3 Å². The van der Waals surface area contributed by atoms with Crippen molar-refractivity contribution in [2.75, 3.05) is 6.54 Å². The molecule has 0 aliphatic carbocycles. The normalized spacial score (nSPS) is 13.2. The Labute approximate surface area is 143 Å². The molecule has 1 aromatic carbocycles. The Morgan fingerprint density at radius 1 is 1.33 bits per heavy atom. The fourth-order valence-corrected chi connectivity index (χ4v) is 2.57. The first-order valence-electron chi connectivity index (χ1n) is 8.13. The maximum absolute atomic E-state index is 12.1. The molecule has 24 heavy (non-hydrogen) atoms. The predicted octanol–water partition coefficient (Wildman–Crippen LogP) is 2.86. The summed E-state index contributed by atoms with van der Waals surface area (Å²) in [6, 6.07) is 7.54. The highest BCUT2D eigenvalue weighted by Crippen LogP contribution is 2.15. The van der Waals surface area contributed by atoms with E-state index in [4.69, 9.17) is 4.74 Å². The van der Waals surface area contributed by atoms with E-state index in [0.717, 1.165) is 22.6 Å². The number of aryl methyl sites for hydroxylation is 3. The number of aromatic nitrogens is 2. The SMILES string of the molecule is Cc1cccc(O[C@H](C)CNC(=O)N[C@@H](C)c2cn(C)nc2C)c1. The number of ether oxygens (including phenoxy) is 1. The minimum absolute atomic E-state index is 0.105. The Kier molecular flexibility index (Phi) is 5.84. The van der Waals surface area contributed by atoms with Gasteiger partial charge in [0, 0.05) is 18.8 Å². The molecule has 0 saturated carbocycles. The van der Waals surface area contributed by atoms with Crippen LogP contribution in [0.15, 0.2) is 30.5 Å². The fraction of sp³-hybridized carbons (Fsp3) is 0.444. The van der Waals surface area contributed by atoms with Crippen LogP contribution in [0.3, 0.4) is 0 Å². The summed E-state index contributed by atoms with van der Waals surface area (Å²) in [5.74, 6) is 0.809. The van der Waals surface area contributed by atoms with Crippen molar-refractivity contribution in [2.45, 2.75) is 39.8 Å². The maximum Gasteiger partial charge on any atom is 0.315 e. The molecule has 0 aliphatic heterocycles. The van der Waals surface area contributed by atoms with Crippen molar-refractivity contribution in [3.05, 3.63) is 47.3 Å². The Morgan fingerprint density at radius 2 is 2.08 bits per heavy atom. The number of amides is 2. The van der Waals surface area contributed by atoms with E-state index in [-0.39, 0.29) is 18.2 Å². The number of benzene rings is 1. The molecule has 6 heteroatoms. The Morgan fingerprint density at radius 3 is 2.71 bits per heavy atom. The lowest BCUT2D eigenvalue weighted by molar-refractivity contribution is 0.206. The number of urea groups is 1. The lowest BCUT2D eigenvalue weighted by atomic mass is 10.1. The molecule has 0 spiro atoms. The third-order valence-electron chi connectivity index (χ3n) is 3.74. The smallest absolute Gasteiger partial charge is 0.315 e. The second-order valence-corrected chi connectivity index (χ2v) is 6.16. The largest absolute Gasteiger partial charge is 0.489 e. The van der Waals surface area contributed by atoms with Crippen LogP contribution in [0.25, 0.3) is 0 Å². The first kappa shape index (κ1) is 17.8. The summed E-state index contributed by atoms with van der Waals surface area (Å²) in [5, 5.41) is 10.1.